The van der Waals surface area contributed by atoms with Gasteiger partial charge in [0, 0.05) is 15.2 Å². The summed E-state index contributed by atoms with van der Waals surface area (Å²) in [5, 5.41) is 14.7. The topological polar surface area (TPSA) is 64.9 Å². The van der Waals surface area contributed by atoms with Gasteiger partial charge in [-0.2, -0.15) is 5.26 Å². The minimum atomic E-state index is -0.400. The minimum absolute atomic E-state index is 0.400. The van der Waals surface area contributed by atoms with Crippen molar-refractivity contribution in [3.63, 3.8) is 0 Å². The average molecular weight is 351 g/mol. The number of halogens is 2. The Labute approximate surface area is 129 Å². The molecule has 0 atom stereocenters. The highest BCUT2D eigenvalue weighted by atomic mass is 79.9. The fraction of sp³-hybridized carbons (Fsp3) is 0. The van der Waals surface area contributed by atoms with Crippen LogP contribution in [0.2, 0.25) is 5.02 Å². The Kier molecular flexibility index (Phi) is 4.61. The Balaban J connectivity index is 2.07. The zero-order valence-electron chi connectivity index (χ0n) is 10.2. The van der Waals surface area contributed by atoms with Crippen LogP contribution in [0.1, 0.15) is 5.56 Å². The number of hydrogen-bond donors (Lipinski definition) is 2. The number of carbonyl (C=O) groups excluding carboxylic acids is 1. The number of rotatable bonds is 2. The van der Waals surface area contributed by atoms with Gasteiger partial charge in [0.15, 0.2) is 0 Å². The summed E-state index contributed by atoms with van der Waals surface area (Å²) in [4.78, 5) is 11.9. The molecule has 0 spiro atoms. The van der Waals surface area contributed by atoms with E-state index in [1.165, 1.54) is 0 Å². The third-order valence-corrected chi connectivity index (χ3v) is 3.32. The van der Waals surface area contributed by atoms with Crippen LogP contribution < -0.4 is 10.6 Å². The summed E-state index contributed by atoms with van der Waals surface area (Å²) in [5.41, 5.74) is 1.63. The van der Waals surface area contributed by atoms with Gasteiger partial charge in [0.05, 0.1) is 17.3 Å². The van der Waals surface area contributed by atoms with E-state index in [1.54, 1.807) is 42.5 Å². The predicted octanol–water partition coefficient (Wildman–Crippen LogP) is 4.62. The van der Waals surface area contributed by atoms with Gasteiger partial charge in [-0.05, 0) is 52.3 Å². The smallest absolute Gasteiger partial charge is 0.308 e. The molecule has 0 saturated carbocycles. The molecule has 2 rings (SSSR count). The second kappa shape index (κ2) is 6.42. The highest BCUT2D eigenvalue weighted by Crippen LogP contribution is 2.26. The molecule has 0 bridgehead atoms. The molecule has 0 heterocycles. The van der Waals surface area contributed by atoms with Gasteiger partial charge in [-0.25, -0.2) is 4.79 Å². The van der Waals surface area contributed by atoms with Crippen molar-refractivity contribution in [2.45, 2.75) is 0 Å². The Morgan fingerprint density at radius 2 is 2.00 bits per heavy atom. The number of urea groups is 1. The van der Waals surface area contributed by atoms with Crippen molar-refractivity contribution >= 4 is 44.9 Å². The molecule has 0 unspecified atom stereocenters. The third-order valence-electron chi connectivity index (χ3n) is 2.43. The van der Waals surface area contributed by atoms with Crippen LogP contribution in [0, 0.1) is 11.3 Å². The number of amides is 2. The summed E-state index contributed by atoms with van der Waals surface area (Å²) < 4.78 is 0.686. The summed E-state index contributed by atoms with van der Waals surface area (Å²) in [5.74, 6) is 0. The lowest BCUT2D eigenvalue weighted by molar-refractivity contribution is 0.262. The zero-order chi connectivity index (χ0) is 14.5. The molecule has 20 heavy (non-hydrogen) atoms. The van der Waals surface area contributed by atoms with Crippen LogP contribution in [0.4, 0.5) is 16.2 Å². The molecule has 2 aromatic rings. The number of anilines is 2. The number of carbonyl (C=O) groups is 1. The maximum atomic E-state index is 11.9. The summed E-state index contributed by atoms with van der Waals surface area (Å²) >= 11 is 9.14. The molecule has 0 saturated heterocycles. The van der Waals surface area contributed by atoms with Crippen molar-refractivity contribution in [1.29, 1.82) is 5.26 Å². The summed E-state index contributed by atoms with van der Waals surface area (Å²) in [7, 11) is 0. The molecule has 2 N–H and O–H groups in total. The zero-order valence-corrected chi connectivity index (χ0v) is 12.5. The third kappa shape index (κ3) is 3.73. The maximum absolute atomic E-state index is 11.9. The van der Waals surface area contributed by atoms with Crippen molar-refractivity contribution in [3.05, 3.63) is 57.5 Å². The van der Waals surface area contributed by atoms with Crippen molar-refractivity contribution in [2.24, 2.45) is 0 Å². The number of nitrogens with zero attached hydrogens (tertiary/aromatic N) is 1. The molecular formula is C14H9BrClN3O. The standard InChI is InChI=1S/C14H9BrClN3O/c15-12-7-10(16)4-5-13(12)19-14(20)18-11-3-1-2-9(6-11)8-17/h1-7H,(H2,18,19,20). The van der Waals surface area contributed by atoms with Crippen molar-refractivity contribution in [2.75, 3.05) is 10.6 Å². The predicted molar refractivity (Wildman–Crippen MR) is 83.0 cm³/mol. The van der Waals surface area contributed by atoms with Crippen LogP contribution in [0.15, 0.2) is 46.9 Å². The van der Waals surface area contributed by atoms with Gasteiger partial charge in [-0.15, -0.1) is 0 Å². The fourth-order valence-electron chi connectivity index (χ4n) is 1.54. The second-order valence-electron chi connectivity index (χ2n) is 3.90. The van der Waals surface area contributed by atoms with E-state index in [-0.39, 0.29) is 0 Å². The van der Waals surface area contributed by atoms with E-state index in [1.807, 2.05) is 6.07 Å². The van der Waals surface area contributed by atoms with E-state index >= 15 is 0 Å². The van der Waals surface area contributed by atoms with Gasteiger partial charge in [-0.1, -0.05) is 17.7 Å². The molecule has 0 radical (unpaired) electrons. The van der Waals surface area contributed by atoms with E-state index in [0.717, 1.165) is 0 Å². The Morgan fingerprint density at radius 1 is 1.20 bits per heavy atom. The van der Waals surface area contributed by atoms with Crippen molar-refractivity contribution in [3.8, 4) is 6.07 Å². The summed E-state index contributed by atoms with van der Waals surface area (Å²) in [6.45, 7) is 0. The largest absolute Gasteiger partial charge is 0.323 e. The molecule has 0 aliphatic rings. The van der Waals surface area contributed by atoms with Crippen LogP contribution in [0.25, 0.3) is 0 Å². The van der Waals surface area contributed by atoms with Crippen LogP contribution >= 0.6 is 27.5 Å². The summed E-state index contributed by atoms with van der Waals surface area (Å²) in [6, 6.07) is 13.3. The Morgan fingerprint density at radius 3 is 2.70 bits per heavy atom. The molecule has 6 heteroatoms. The molecular weight excluding hydrogens is 342 g/mol. The average Bonchev–Trinajstić information content (AvgIpc) is 2.42. The van der Waals surface area contributed by atoms with E-state index in [4.69, 9.17) is 16.9 Å². The Hall–Kier alpha value is -2.03. The maximum Gasteiger partial charge on any atom is 0.323 e. The monoisotopic (exact) mass is 349 g/mol. The number of nitrogens with one attached hydrogen (secondary N) is 2. The molecule has 0 aliphatic heterocycles. The lowest BCUT2D eigenvalue weighted by Gasteiger charge is -2.09. The van der Waals surface area contributed by atoms with E-state index < -0.39 is 6.03 Å². The first kappa shape index (κ1) is 14.4. The van der Waals surface area contributed by atoms with Gasteiger partial charge in [0.25, 0.3) is 0 Å². The normalized spacial score (nSPS) is 9.65. The van der Waals surface area contributed by atoms with E-state index in [9.17, 15) is 4.79 Å². The first-order chi connectivity index (χ1) is 9.58. The lowest BCUT2D eigenvalue weighted by Crippen LogP contribution is -2.19. The number of benzene rings is 2. The van der Waals surface area contributed by atoms with Crippen LogP contribution in [0.3, 0.4) is 0 Å². The van der Waals surface area contributed by atoms with E-state index in [0.29, 0.717) is 26.4 Å². The molecule has 0 fully saturated rings. The van der Waals surface area contributed by atoms with Gasteiger partial charge < -0.3 is 10.6 Å². The van der Waals surface area contributed by atoms with Crippen LogP contribution in [-0.2, 0) is 0 Å². The van der Waals surface area contributed by atoms with Crippen molar-refractivity contribution in [1.82, 2.24) is 0 Å². The highest BCUT2D eigenvalue weighted by molar-refractivity contribution is 9.10. The second-order valence-corrected chi connectivity index (χ2v) is 5.19. The summed E-state index contributed by atoms with van der Waals surface area (Å²) in [6.07, 6.45) is 0. The van der Waals surface area contributed by atoms with Gasteiger partial charge in [0.2, 0.25) is 0 Å². The van der Waals surface area contributed by atoms with Crippen LogP contribution in [-0.4, -0.2) is 6.03 Å². The fourth-order valence-corrected chi connectivity index (χ4v) is 2.32. The molecule has 100 valence electrons. The van der Waals surface area contributed by atoms with Gasteiger partial charge >= 0.3 is 6.03 Å². The lowest BCUT2D eigenvalue weighted by atomic mass is 10.2. The number of nitriles is 1. The molecule has 4 nitrogen and oxygen atoms in total. The highest BCUT2D eigenvalue weighted by Gasteiger charge is 2.06. The van der Waals surface area contributed by atoms with E-state index in [2.05, 4.69) is 26.6 Å². The molecule has 0 aliphatic carbocycles. The quantitative estimate of drug-likeness (QED) is 0.830. The van der Waals surface area contributed by atoms with Crippen LogP contribution in [0.5, 0.6) is 0 Å². The van der Waals surface area contributed by atoms with Gasteiger partial charge in [-0.3, -0.25) is 0 Å². The molecule has 2 amide bonds. The number of hydrogen-bond acceptors (Lipinski definition) is 2. The first-order valence-electron chi connectivity index (χ1n) is 5.62. The first-order valence-corrected chi connectivity index (χ1v) is 6.79. The Bertz CT molecular complexity index is 697. The van der Waals surface area contributed by atoms with Crippen molar-refractivity contribution < 1.29 is 4.79 Å². The molecule has 0 aromatic heterocycles. The molecule has 2 aromatic carbocycles. The minimum Gasteiger partial charge on any atom is -0.308 e. The van der Waals surface area contributed by atoms with Gasteiger partial charge in [0.1, 0.15) is 0 Å². The SMILES string of the molecule is N#Cc1cccc(NC(=O)Nc2ccc(Cl)cc2Br)c1.